The second-order valence-electron chi connectivity index (χ2n) is 6.54. The van der Waals surface area contributed by atoms with Gasteiger partial charge in [-0.3, -0.25) is 4.79 Å². The highest BCUT2D eigenvalue weighted by molar-refractivity contribution is 7.99. The predicted octanol–water partition coefficient (Wildman–Crippen LogP) is 3.52. The molecule has 1 amide bonds. The van der Waals surface area contributed by atoms with Gasteiger partial charge in [-0.2, -0.15) is 0 Å². The van der Waals surface area contributed by atoms with Crippen LogP contribution in [0.1, 0.15) is 0 Å². The van der Waals surface area contributed by atoms with Crippen LogP contribution in [-0.4, -0.2) is 64.5 Å². The average molecular weight is 492 g/mol. The lowest BCUT2D eigenvalue weighted by Gasteiger charge is -2.14. The Morgan fingerprint density at radius 1 is 0.794 bits per heavy atom. The molecule has 1 N–H and O–H groups in total. The summed E-state index contributed by atoms with van der Waals surface area (Å²) in [6.07, 6.45) is 0. The van der Waals surface area contributed by atoms with Crippen molar-refractivity contribution < 1.29 is 37.6 Å². The van der Waals surface area contributed by atoms with Gasteiger partial charge in [-0.1, -0.05) is 11.8 Å². The fraction of sp³-hybridized carbons (Fsp3) is 0.318. The van der Waals surface area contributed by atoms with Crippen molar-refractivity contribution in [3.63, 3.8) is 0 Å². The number of methoxy groups -OCH3 is 6. The number of amides is 1. The molecule has 182 valence electrons. The van der Waals surface area contributed by atoms with Crippen molar-refractivity contribution in [1.29, 1.82) is 0 Å². The number of thioether (sulfide) groups is 1. The van der Waals surface area contributed by atoms with E-state index < -0.39 is 0 Å². The number of carbonyl (C=O) groups excluding carboxylic acids is 1. The van der Waals surface area contributed by atoms with Gasteiger partial charge in [0.15, 0.2) is 23.0 Å². The SMILES string of the molecule is COc1cc(NC(=O)CSc2nnc(-c3cc(OC)c(OC)c(OC)c3)o2)cc(OC)c1OC. The third kappa shape index (κ3) is 5.39. The van der Waals surface area contributed by atoms with E-state index in [1.807, 2.05) is 0 Å². The summed E-state index contributed by atoms with van der Waals surface area (Å²) in [7, 11) is 9.06. The van der Waals surface area contributed by atoms with Crippen molar-refractivity contribution in [2.24, 2.45) is 0 Å². The molecule has 0 aliphatic heterocycles. The van der Waals surface area contributed by atoms with Gasteiger partial charge >= 0.3 is 0 Å². The molecule has 0 unspecified atom stereocenters. The normalized spacial score (nSPS) is 10.4. The summed E-state index contributed by atoms with van der Waals surface area (Å²) in [5, 5.41) is 11.1. The smallest absolute Gasteiger partial charge is 0.277 e. The van der Waals surface area contributed by atoms with Crippen LogP contribution in [0.5, 0.6) is 34.5 Å². The Hall–Kier alpha value is -3.80. The van der Waals surface area contributed by atoms with E-state index in [1.165, 1.54) is 42.7 Å². The van der Waals surface area contributed by atoms with Crippen LogP contribution in [0.2, 0.25) is 0 Å². The minimum absolute atomic E-state index is 0.0353. The lowest BCUT2D eigenvalue weighted by atomic mass is 10.2. The van der Waals surface area contributed by atoms with E-state index in [0.717, 1.165) is 11.8 Å². The third-order valence-corrected chi connectivity index (χ3v) is 5.41. The lowest BCUT2D eigenvalue weighted by molar-refractivity contribution is -0.113. The summed E-state index contributed by atoms with van der Waals surface area (Å²) < 4.78 is 37.6. The summed E-state index contributed by atoms with van der Waals surface area (Å²) in [4.78, 5) is 12.5. The lowest BCUT2D eigenvalue weighted by Crippen LogP contribution is -2.14. The second kappa shape index (κ2) is 11.4. The number of ether oxygens (including phenoxy) is 6. The first kappa shape index (κ1) is 24.8. The molecule has 34 heavy (non-hydrogen) atoms. The molecule has 0 aliphatic rings. The summed E-state index contributed by atoms with van der Waals surface area (Å²) in [5.74, 6) is 2.64. The van der Waals surface area contributed by atoms with Gasteiger partial charge in [0.05, 0.1) is 48.4 Å². The minimum Gasteiger partial charge on any atom is -0.493 e. The van der Waals surface area contributed by atoms with Crippen molar-refractivity contribution in [3.8, 4) is 46.0 Å². The van der Waals surface area contributed by atoms with E-state index in [2.05, 4.69) is 15.5 Å². The first-order valence-corrected chi connectivity index (χ1v) is 10.8. The van der Waals surface area contributed by atoms with E-state index in [4.69, 9.17) is 32.8 Å². The van der Waals surface area contributed by atoms with Crippen molar-refractivity contribution in [2.75, 3.05) is 53.7 Å². The Kier molecular flexibility index (Phi) is 8.30. The van der Waals surface area contributed by atoms with Crippen LogP contribution < -0.4 is 33.7 Å². The molecule has 2 aromatic carbocycles. The Morgan fingerprint density at radius 3 is 1.76 bits per heavy atom. The van der Waals surface area contributed by atoms with E-state index in [-0.39, 0.29) is 22.8 Å². The van der Waals surface area contributed by atoms with Crippen molar-refractivity contribution >= 4 is 23.4 Å². The maximum atomic E-state index is 12.5. The molecular formula is C22H25N3O8S. The third-order valence-electron chi connectivity index (χ3n) is 4.59. The zero-order chi connectivity index (χ0) is 24.7. The monoisotopic (exact) mass is 491 g/mol. The molecule has 0 radical (unpaired) electrons. The fourth-order valence-corrected chi connectivity index (χ4v) is 3.63. The number of hydrogen-bond donors (Lipinski definition) is 1. The molecule has 3 aromatic rings. The van der Waals surface area contributed by atoms with Crippen LogP contribution in [0.25, 0.3) is 11.5 Å². The van der Waals surface area contributed by atoms with Gasteiger partial charge in [0, 0.05) is 23.4 Å². The van der Waals surface area contributed by atoms with Crippen LogP contribution in [0.4, 0.5) is 5.69 Å². The van der Waals surface area contributed by atoms with E-state index in [1.54, 1.807) is 24.3 Å². The van der Waals surface area contributed by atoms with Gasteiger partial charge in [0.2, 0.25) is 23.3 Å². The zero-order valence-corrected chi connectivity index (χ0v) is 20.4. The molecule has 12 heteroatoms. The quantitative estimate of drug-likeness (QED) is 0.396. The number of rotatable bonds is 11. The van der Waals surface area contributed by atoms with Crippen LogP contribution in [-0.2, 0) is 4.79 Å². The van der Waals surface area contributed by atoms with Gasteiger partial charge in [-0.05, 0) is 12.1 Å². The van der Waals surface area contributed by atoms with E-state index in [0.29, 0.717) is 45.7 Å². The molecule has 1 aromatic heterocycles. The molecular weight excluding hydrogens is 466 g/mol. The molecule has 0 fully saturated rings. The second-order valence-corrected chi connectivity index (χ2v) is 7.46. The molecule has 0 aliphatic carbocycles. The first-order chi connectivity index (χ1) is 16.5. The van der Waals surface area contributed by atoms with Crippen LogP contribution >= 0.6 is 11.8 Å². The Labute approximate surface area is 200 Å². The zero-order valence-electron chi connectivity index (χ0n) is 19.6. The largest absolute Gasteiger partial charge is 0.493 e. The topological polar surface area (TPSA) is 123 Å². The first-order valence-electron chi connectivity index (χ1n) is 9.84. The summed E-state index contributed by atoms with van der Waals surface area (Å²) >= 11 is 1.09. The average Bonchev–Trinajstić information content (AvgIpc) is 3.34. The van der Waals surface area contributed by atoms with Gasteiger partial charge < -0.3 is 38.2 Å². The van der Waals surface area contributed by atoms with Crippen LogP contribution in [0, 0.1) is 0 Å². The van der Waals surface area contributed by atoms with Crippen molar-refractivity contribution in [1.82, 2.24) is 10.2 Å². The molecule has 3 rings (SSSR count). The molecule has 0 spiro atoms. The summed E-state index contributed by atoms with van der Waals surface area (Å²) in [5.41, 5.74) is 1.07. The highest BCUT2D eigenvalue weighted by Gasteiger charge is 2.19. The van der Waals surface area contributed by atoms with Gasteiger partial charge in [-0.25, -0.2) is 0 Å². The number of hydrogen-bond acceptors (Lipinski definition) is 11. The number of aromatic nitrogens is 2. The van der Waals surface area contributed by atoms with Gasteiger partial charge in [-0.15, -0.1) is 10.2 Å². The molecule has 0 saturated carbocycles. The Balaban J connectivity index is 1.69. The number of carbonyl (C=O) groups is 1. The van der Waals surface area contributed by atoms with Gasteiger partial charge in [0.1, 0.15) is 0 Å². The molecule has 0 atom stereocenters. The van der Waals surface area contributed by atoms with E-state index >= 15 is 0 Å². The number of benzene rings is 2. The Bertz CT molecular complexity index is 1100. The fourth-order valence-electron chi connectivity index (χ4n) is 3.07. The minimum atomic E-state index is -0.285. The maximum absolute atomic E-state index is 12.5. The van der Waals surface area contributed by atoms with Crippen LogP contribution in [0.3, 0.4) is 0 Å². The summed E-state index contributed by atoms with van der Waals surface area (Å²) in [6.45, 7) is 0. The van der Waals surface area contributed by atoms with Crippen molar-refractivity contribution in [3.05, 3.63) is 24.3 Å². The molecule has 1 heterocycles. The van der Waals surface area contributed by atoms with Crippen molar-refractivity contribution in [2.45, 2.75) is 5.22 Å². The highest BCUT2D eigenvalue weighted by atomic mass is 32.2. The summed E-state index contributed by atoms with van der Waals surface area (Å²) in [6, 6.07) is 6.67. The molecule has 0 bridgehead atoms. The standard InChI is InChI=1S/C22H25N3O8S/c1-27-14-7-12(8-15(28-2)19(14)31-5)21-24-25-22(33-21)34-11-18(26)23-13-9-16(29-3)20(32-6)17(10-13)30-4/h7-10H,11H2,1-6H3,(H,23,26). The number of nitrogens with zero attached hydrogens (tertiary/aromatic N) is 2. The van der Waals surface area contributed by atoms with Gasteiger partial charge in [0.25, 0.3) is 5.22 Å². The van der Waals surface area contributed by atoms with E-state index in [9.17, 15) is 4.79 Å². The number of anilines is 1. The highest BCUT2D eigenvalue weighted by Crippen LogP contribution is 2.42. The maximum Gasteiger partial charge on any atom is 0.277 e. The molecule has 11 nitrogen and oxygen atoms in total. The molecule has 0 saturated heterocycles. The van der Waals surface area contributed by atoms with Crippen LogP contribution in [0.15, 0.2) is 33.9 Å². The number of nitrogens with one attached hydrogen (secondary N) is 1. The Morgan fingerprint density at radius 2 is 1.29 bits per heavy atom. The predicted molar refractivity (Wildman–Crippen MR) is 125 cm³/mol.